The fourth-order valence-corrected chi connectivity index (χ4v) is 2.24. The molecule has 126 valence electrons. The van der Waals surface area contributed by atoms with Crippen molar-refractivity contribution < 1.29 is 4.79 Å². The number of benzene rings is 2. The Morgan fingerprint density at radius 2 is 1.83 bits per heavy atom. The lowest BCUT2D eigenvalue weighted by atomic mass is 10.1. The molecule has 5 nitrogen and oxygen atoms in total. The summed E-state index contributed by atoms with van der Waals surface area (Å²) < 4.78 is 0. The predicted molar refractivity (Wildman–Crippen MR) is 99.5 cm³/mol. The zero-order chi connectivity index (χ0) is 17.4. The molecule has 0 aliphatic heterocycles. The number of carbonyl (C=O) groups excluding carboxylic acids is 1. The zero-order valence-electron chi connectivity index (χ0n) is 14.1. The average Bonchev–Trinajstić information content (AvgIpc) is 2.61. The van der Waals surface area contributed by atoms with Crippen LogP contribution in [0.3, 0.4) is 0 Å². The molecule has 0 unspecified atom stereocenters. The Kier molecular flexibility index (Phi) is 6.25. The first kappa shape index (κ1) is 17.4. The van der Waals surface area contributed by atoms with Crippen molar-refractivity contribution in [2.24, 2.45) is 0 Å². The monoisotopic (exact) mass is 324 g/mol. The number of nitrogens with two attached hydrogens (primary N) is 1. The highest BCUT2D eigenvalue weighted by Crippen LogP contribution is 2.18. The molecule has 1 amide bonds. The smallest absolute Gasteiger partial charge is 0.255 e. The first-order chi connectivity index (χ1) is 11.6. The molecule has 0 aliphatic carbocycles. The quantitative estimate of drug-likeness (QED) is 0.590. The molecule has 0 aliphatic rings. The normalized spacial score (nSPS) is 11.0. The summed E-state index contributed by atoms with van der Waals surface area (Å²) in [7, 11) is 1.89. The van der Waals surface area contributed by atoms with Crippen LogP contribution in [0.25, 0.3) is 0 Å². The molecule has 0 aromatic heterocycles. The molecule has 5 heteroatoms. The molecule has 0 saturated carbocycles. The van der Waals surface area contributed by atoms with Crippen LogP contribution in [0.4, 0.5) is 11.4 Å². The minimum atomic E-state index is -0.172. The second kappa shape index (κ2) is 8.62. The second-order valence-corrected chi connectivity index (χ2v) is 5.37. The maximum absolute atomic E-state index is 12.3. The summed E-state index contributed by atoms with van der Waals surface area (Å²) in [6.07, 6.45) is 3.05. The fraction of sp³-hybridized carbons (Fsp3) is 0.211. The minimum absolute atomic E-state index is 0.172. The molecule has 2 aromatic carbocycles. The van der Waals surface area contributed by atoms with Gasteiger partial charge in [-0.3, -0.25) is 4.79 Å². The molecule has 0 heterocycles. The van der Waals surface area contributed by atoms with Crippen LogP contribution in [0.1, 0.15) is 29.3 Å². The van der Waals surface area contributed by atoms with Crippen LogP contribution >= 0.6 is 0 Å². The Labute approximate surface area is 143 Å². The Morgan fingerprint density at radius 1 is 1.12 bits per heavy atom. The lowest BCUT2D eigenvalue weighted by Crippen LogP contribution is -2.23. The Balaban J connectivity index is 1.97. The van der Waals surface area contributed by atoms with Crippen molar-refractivity contribution in [2.45, 2.75) is 19.9 Å². The van der Waals surface area contributed by atoms with Gasteiger partial charge in [-0.2, -0.15) is 0 Å². The van der Waals surface area contributed by atoms with Crippen molar-refractivity contribution in [1.82, 2.24) is 10.6 Å². The first-order valence-corrected chi connectivity index (χ1v) is 8.00. The number of nitrogen functional groups attached to an aromatic ring is 1. The molecule has 0 radical (unpaired) electrons. The van der Waals surface area contributed by atoms with Crippen LogP contribution in [0.2, 0.25) is 0 Å². The first-order valence-electron chi connectivity index (χ1n) is 8.00. The molecular weight excluding hydrogens is 300 g/mol. The molecule has 0 saturated heterocycles. The number of allylic oxidation sites excluding steroid dienone is 1. The highest BCUT2D eigenvalue weighted by atomic mass is 16.1. The van der Waals surface area contributed by atoms with E-state index in [-0.39, 0.29) is 5.91 Å². The fourth-order valence-electron chi connectivity index (χ4n) is 2.24. The summed E-state index contributed by atoms with van der Waals surface area (Å²) in [6.45, 7) is 2.78. The Hall–Kier alpha value is -2.95. The summed E-state index contributed by atoms with van der Waals surface area (Å²) in [5.74, 6) is 0.827. The van der Waals surface area contributed by atoms with Crippen LogP contribution in [0, 0.1) is 0 Å². The number of amides is 1. The van der Waals surface area contributed by atoms with E-state index < -0.39 is 0 Å². The van der Waals surface area contributed by atoms with Crippen molar-refractivity contribution >= 4 is 17.3 Å². The molecular formula is C19H24N4O. The van der Waals surface area contributed by atoms with Crippen LogP contribution in [-0.2, 0) is 6.54 Å². The summed E-state index contributed by atoms with van der Waals surface area (Å²) in [6, 6.07) is 14.7. The standard InChI is InChI=1S/C19H24N4O/c1-3-6-18(21-2)22-13-14-9-11-15(12-10-14)19(24)23-17-8-5-4-7-16(17)20/h4-12,21-22H,3,13,20H2,1-2H3,(H,23,24)/b18-6-. The van der Waals surface area contributed by atoms with Gasteiger partial charge in [0.1, 0.15) is 0 Å². The minimum Gasteiger partial charge on any atom is -0.397 e. The summed E-state index contributed by atoms with van der Waals surface area (Å²) in [5.41, 5.74) is 8.71. The van der Waals surface area contributed by atoms with Gasteiger partial charge in [-0.25, -0.2) is 0 Å². The van der Waals surface area contributed by atoms with E-state index >= 15 is 0 Å². The van der Waals surface area contributed by atoms with Gasteiger partial charge in [-0.1, -0.05) is 31.2 Å². The highest BCUT2D eigenvalue weighted by Gasteiger charge is 2.07. The number of hydrogen-bond donors (Lipinski definition) is 4. The molecule has 0 bridgehead atoms. The third-order valence-electron chi connectivity index (χ3n) is 3.59. The van der Waals surface area contributed by atoms with Crippen molar-refractivity contribution in [3.63, 3.8) is 0 Å². The topological polar surface area (TPSA) is 79.2 Å². The number of para-hydroxylation sites is 2. The molecule has 0 spiro atoms. The van der Waals surface area contributed by atoms with Crippen LogP contribution < -0.4 is 21.7 Å². The second-order valence-electron chi connectivity index (χ2n) is 5.37. The highest BCUT2D eigenvalue weighted by molar-refractivity contribution is 6.05. The van der Waals surface area contributed by atoms with Gasteiger partial charge in [0.25, 0.3) is 5.91 Å². The SMILES string of the molecule is CC/C=C(/NC)NCc1ccc(C(=O)Nc2ccccc2N)cc1. The largest absolute Gasteiger partial charge is 0.397 e. The van der Waals surface area contributed by atoms with Gasteiger partial charge in [-0.15, -0.1) is 0 Å². The van der Waals surface area contributed by atoms with E-state index in [4.69, 9.17) is 5.73 Å². The molecule has 24 heavy (non-hydrogen) atoms. The zero-order valence-corrected chi connectivity index (χ0v) is 14.1. The van der Waals surface area contributed by atoms with Crippen molar-refractivity contribution in [1.29, 1.82) is 0 Å². The summed E-state index contributed by atoms with van der Waals surface area (Å²) in [5, 5.41) is 9.25. The number of nitrogens with one attached hydrogen (secondary N) is 3. The lowest BCUT2D eigenvalue weighted by Gasteiger charge is -2.11. The van der Waals surface area contributed by atoms with Gasteiger partial charge in [0, 0.05) is 19.2 Å². The van der Waals surface area contributed by atoms with Gasteiger partial charge in [0.05, 0.1) is 17.2 Å². The van der Waals surface area contributed by atoms with Crippen molar-refractivity contribution in [2.75, 3.05) is 18.1 Å². The van der Waals surface area contributed by atoms with Gasteiger partial charge < -0.3 is 21.7 Å². The van der Waals surface area contributed by atoms with Gasteiger partial charge in [0.15, 0.2) is 0 Å². The van der Waals surface area contributed by atoms with Gasteiger partial charge in [-0.05, 0) is 42.3 Å². The Morgan fingerprint density at radius 3 is 2.46 bits per heavy atom. The number of hydrogen-bond acceptors (Lipinski definition) is 4. The van der Waals surface area contributed by atoms with E-state index in [1.807, 2.05) is 43.4 Å². The Bertz CT molecular complexity index is 708. The van der Waals surface area contributed by atoms with Crippen molar-refractivity contribution in [3.05, 3.63) is 71.6 Å². The van der Waals surface area contributed by atoms with Gasteiger partial charge >= 0.3 is 0 Å². The van der Waals surface area contributed by atoms with E-state index in [1.54, 1.807) is 12.1 Å². The molecule has 5 N–H and O–H groups in total. The van der Waals surface area contributed by atoms with Crippen LogP contribution in [0.15, 0.2) is 60.4 Å². The van der Waals surface area contributed by atoms with E-state index in [9.17, 15) is 4.79 Å². The predicted octanol–water partition coefficient (Wildman–Crippen LogP) is 3.08. The molecule has 0 fully saturated rings. The van der Waals surface area contributed by atoms with E-state index in [1.165, 1.54) is 0 Å². The number of rotatable bonds is 7. The lowest BCUT2D eigenvalue weighted by molar-refractivity contribution is 0.102. The maximum Gasteiger partial charge on any atom is 0.255 e. The molecule has 0 atom stereocenters. The number of carbonyl (C=O) groups is 1. The van der Waals surface area contributed by atoms with Gasteiger partial charge in [0.2, 0.25) is 0 Å². The third kappa shape index (κ3) is 4.78. The van der Waals surface area contributed by atoms with E-state index in [0.717, 1.165) is 17.8 Å². The van der Waals surface area contributed by atoms with Crippen LogP contribution in [0.5, 0.6) is 0 Å². The third-order valence-corrected chi connectivity index (χ3v) is 3.59. The van der Waals surface area contributed by atoms with Crippen molar-refractivity contribution in [3.8, 4) is 0 Å². The summed E-state index contributed by atoms with van der Waals surface area (Å²) >= 11 is 0. The summed E-state index contributed by atoms with van der Waals surface area (Å²) in [4.78, 5) is 12.3. The van der Waals surface area contributed by atoms with E-state index in [0.29, 0.717) is 23.5 Å². The molecule has 2 aromatic rings. The van der Waals surface area contributed by atoms with Crippen LogP contribution in [-0.4, -0.2) is 13.0 Å². The number of anilines is 2. The molecule has 2 rings (SSSR count). The van der Waals surface area contributed by atoms with E-state index in [2.05, 4.69) is 29.0 Å². The maximum atomic E-state index is 12.3. The average molecular weight is 324 g/mol.